The van der Waals surface area contributed by atoms with E-state index in [4.69, 9.17) is 5.73 Å². The van der Waals surface area contributed by atoms with Crippen molar-refractivity contribution in [2.24, 2.45) is 5.73 Å². The SMILES string of the molecule is NCCNC(=O)C1CC(N(Cc2ccccc2)C2CC2)CN1C(=O)c1ccc(F)cc1. The van der Waals surface area contributed by atoms with Crippen LogP contribution in [0.5, 0.6) is 0 Å². The average molecular weight is 425 g/mol. The molecule has 0 spiro atoms. The second-order valence-electron chi connectivity index (χ2n) is 8.34. The summed E-state index contributed by atoms with van der Waals surface area (Å²) < 4.78 is 13.3. The van der Waals surface area contributed by atoms with E-state index >= 15 is 0 Å². The molecule has 2 amide bonds. The molecule has 6 nitrogen and oxygen atoms in total. The van der Waals surface area contributed by atoms with Gasteiger partial charge in [0.15, 0.2) is 0 Å². The van der Waals surface area contributed by atoms with Crippen LogP contribution in [0.1, 0.15) is 35.2 Å². The van der Waals surface area contributed by atoms with Gasteiger partial charge in [0, 0.05) is 43.8 Å². The molecule has 1 saturated carbocycles. The second-order valence-corrected chi connectivity index (χ2v) is 8.34. The number of hydrogen-bond donors (Lipinski definition) is 2. The highest BCUT2D eigenvalue weighted by atomic mass is 19.1. The zero-order chi connectivity index (χ0) is 21.8. The van der Waals surface area contributed by atoms with Crippen LogP contribution in [-0.4, -0.2) is 59.4 Å². The lowest BCUT2D eigenvalue weighted by atomic mass is 10.1. The van der Waals surface area contributed by atoms with E-state index in [0.717, 1.165) is 19.4 Å². The molecular formula is C24H29FN4O2. The number of carbonyl (C=O) groups excluding carboxylic acids is 2. The maximum absolute atomic E-state index is 13.3. The first-order valence-electron chi connectivity index (χ1n) is 10.9. The summed E-state index contributed by atoms with van der Waals surface area (Å²) >= 11 is 0. The number of nitrogens with zero attached hydrogens (tertiary/aromatic N) is 2. The predicted molar refractivity (Wildman–Crippen MR) is 117 cm³/mol. The monoisotopic (exact) mass is 424 g/mol. The first-order valence-corrected chi connectivity index (χ1v) is 10.9. The van der Waals surface area contributed by atoms with Gasteiger partial charge in [0.05, 0.1) is 0 Å². The highest BCUT2D eigenvalue weighted by Crippen LogP contribution is 2.35. The third-order valence-electron chi connectivity index (χ3n) is 6.07. The van der Waals surface area contributed by atoms with Crippen molar-refractivity contribution >= 4 is 11.8 Å². The summed E-state index contributed by atoms with van der Waals surface area (Å²) in [4.78, 5) is 30.2. The molecule has 2 aromatic carbocycles. The fourth-order valence-electron chi connectivity index (χ4n) is 4.36. The number of hydrogen-bond acceptors (Lipinski definition) is 4. The van der Waals surface area contributed by atoms with Gasteiger partial charge in [0.2, 0.25) is 5.91 Å². The lowest BCUT2D eigenvalue weighted by Gasteiger charge is -2.29. The van der Waals surface area contributed by atoms with Gasteiger partial charge in [-0.3, -0.25) is 14.5 Å². The lowest BCUT2D eigenvalue weighted by molar-refractivity contribution is -0.124. The summed E-state index contributed by atoms with van der Waals surface area (Å²) in [6, 6.07) is 15.8. The highest BCUT2D eigenvalue weighted by molar-refractivity contribution is 5.98. The standard InChI is InChI=1S/C24H29FN4O2/c25-19-8-6-18(7-9-19)24(31)29-16-21(14-22(29)23(30)27-13-12-26)28(20-10-11-20)15-17-4-2-1-3-5-17/h1-9,20-22H,10-16,26H2,(H,27,30). The summed E-state index contributed by atoms with van der Waals surface area (Å²) in [6.07, 6.45) is 2.85. The Bertz CT molecular complexity index is 902. The van der Waals surface area contributed by atoms with E-state index in [-0.39, 0.29) is 17.9 Å². The Kier molecular flexibility index (Phi) is 6.63. The van der Waals surface area contributed by atoms with E-state index in [9.17, 15) is 14.0 Å². The Morgan fingerprint density at radius 2 is 1.77 bits per heavy atom. The first kappa shape index (κ1) is 21.5. The van der Waals surface area contributed by atoms with Gasteiger partial charge in [-0.15, -0.1) is 0 Å². The summed E-state index contributed by atoms with van der Waals surface area (Å²) in [5.41, 5.74) is 7.16. The van der Waals surface area contributed by atoms with Gasteiger partial charge in [0.25, 0.3) is 5.91 Å². The number of rotatable bonds is 8. The number of carbonyl (C=O) groups is 2. The fourth-order valence-corrected chi connectivity index (χ4v) is 4.36. The summed E-state index contributed by atoms with van der Waals surface area (Å²) in [6.45, 7) is 1.98. The molecule has 31 heavy (non-hydrogen) atoms. The molecule has 1 aliphatic carbocycles. The second kappa shape index (κ2) is 9.58. The molecule has 1 aliphatic heterocycles. The normalized spacial score (nSPS) is 20.8. The average Bonchev–Trinajstić information content (AvgIpc) is 3.54. The Morgan fingerprint density at radius 3 is 2.42 bits per heavy atom. The van der Waals surface area contributed by atoms with E-state index in [0.29, 0.717) is 37.7 Å². The molecule has 164 valence electrons. The van der Waals surface area contributed by atoms with Crippen LogP contribution in [0.25, 0.3) is 0 Å². The molecular weight excluding hydrogens is 395 g/mol. The third kappa shape index (κ3) is 5.11. The molecule has 2 aromatic rings. The number of likely N-dealkylation sites (tertiary alicyclic amines) is 1. The predicted octanol–water partition coefficient (Wildman–Crippen LogP) is 2.15. The smallest absolute Gasteiger partial charge is 0.254 e. The van der Waals surface area contributed by atoms with Crippen molar-refractivity contribution in [2.45, 2.75) is 43.9 Å². The van der Waals surface area contributed by atoms with Crippen LogP contribution in [-0.2, 0) is 11.3 Å². The van der Waals surface area contributed by atoms with Crippen LogP contribution in [0.15, 0.2) is 54.6 Å². The quantitative estimate of drug-likeness (QED) is 0.681. The van der Waals surface area contributed by atoms with Crippen molar-refractivity contribution in [3.8, 4) is 0 Å². The van der Waals surface area contributed by atoms with Crippen molar-refractivity contribution < 1.29 is 14.0 Å². The number of halogens is 1. The highest BCUT2D eigenvalue weighted by Gasteiger charge is 2.45. The molecule has 2 aliphatic rings. The van der Waals surface area contributed by atoms with Crippen molar-refractivity contribution in [3.05, 3.63) is 71.5 Å². The van der Waals surface area contributed by atoms with Gasteiger partial charge in [-0.1, -0.05) is 30.3 Å². The van der Waals surface area contributed by atoms with E-state index < -0.39 is 11.9 Å². The minimum atomic E-state index is -0.564. The zero-order valence-electron chi connectivity index (χ0n) is 17.5. The fraction of sp³-hybridized carbons (Fsp3) is 0.417. The molecule has 1 saturated heterocycles. The van der Waals surface area contributed by atoms with Gasteiger partial charge in [-0.05, 0) is 49.1 Å². The molecule has 4 rings (SSSR count). The summed E-state index contributed by atoms with van der Waals surface area (Å²) in [7, 11) is 0. The van der Waals surface area contributed by atoms with Crippen LogP contribution >= 0.6 is 0 Å². The van der Waals surface area contributed by atoms with Crippen molar-refractivity contribution in [3.63, 3.8) is 0 Å². The van der Waals surface area contributed by atoms with E-state index in [1.165, 1.54) is 29.8 Å². The molecule has 0 radical (unpaired) electrons. The minimum Gasteiger partial charge on any atom is -0.353 e. The topological polar surface area (TPSA) is 78.7 Å². The van der Waals surface area contributed by atoms with Crippen molar-refractivity contribution in [2.75, 3.05) is 19.6 Å². The van der Waals surface area contributed by atoms with Crippen LogP contribution in [0.2, 0.25) is 0 Å². The molecule has 1 heterocycles. The maximum Gasteiger partial charge on any atom is 0.254 e. The first-order chi connectivity index (χ1) is 15.1. The van der Waals surface area contributed by atoms with Crippen LogP contribution in [0, 0.1) is 5.82 Å². The number of nitrogens with one attached hydrogen (secondary N) is 1. The molecule has 0 aromatic heterocycles. The van der Waals surface area contributed by atoms with E-state index in [2.05, 4.69) is 22.3 Å². The maximum atomic E-state index is 13.3. The molecule has 2 fully saturated rings. The van der Waals surface area contributed by atoms with Crippen LogP contribution < -0.4 is 11.1 Å². The number of amides is 2. The van der Waals surface area contributed by atoms with Gasteiger partial charge < -0.3 is 16.0 Å². The Labute approximate surface area is 182 Å². The lowest BCUT2D eigenvalue weighted by Crippen LogP contribution is -2.47. The van der Waals surface area contributed by atoms with Crippen LogP contribution in [0.4, 0.5) is 4.39 Å². The molecule has 2 atom stereocenters. The molecule has 2 unspecified atom stereocenters. The Balaban J connectivity index is 1.56. The number of nitrogens with two attached hydrogens (primary N) is 1. The number of benzene rings is 2. The minimum absolute atomic E-state index is 0.0886. The zero-order valence-corrected chi connectivity index (χ0v) is 17.5. The molecule has 3 N–H and O–H groups in total. The van der Waals surface area contributed by atoms with Crippen LogP contribution in [0.3, 0.4) is 0 Å². The molecule has 0 bridgehead atoms. The summed E-state index contributed by atoms with van der Waals surface area (Å²) in [5, 5.41) is 2.84. The van der Waals surface area contributed by atoms with Gasteiger partial charge >= 0.3 is 0 Å². The van der Waals surface area contributed by atoms with Gasteiger partial charge in [0.1, 0.15) is 11.9 Å². The van der Waals surface area contributed by atoms with E-state index in [1.54, 1.807) is 4.90 Å². The van der Waals surface area contributed by atoms with Gasteiger partial charge in [-0.25, -0.2) is 4.39 Å². The summed E-state index contributed by atoms with van der Waals surface area (Å²) in [5.74, 6) is -0.819. The third-order valence-corrected chi connectivity index (χ3v) is 6.07. The van der Waals surface area contributed by atoms with Crippen molar-refractivity contribution in [1.29, 1.82) is 0 Å². The Morgan fingerprint density at radius 1 is 1.06 bits per heavy atom. The van der Waals surface area contributed by atoms with E-state index in [1.807, 2.05) is 18.2 Å². The van der Waals surface area contributed by atoms with Crippen molar-refractivity contribution in [1.82, 2.24) is 15.1 Å². The van der Waals surface area contributed by atoms with Gasteiger partial charge in [-0.2, -0.15) is 0 Å². The molecule has 7 heteroatoms. The largest absolute Gasteiger partial charge is 0.353 e. The Hall–Kier alpha value is -2.77.